The molecule has 0 spiro atoms. The predicted octanol–water partition coefficient (Wildman–Crippen LogP) is 3.28. The van der Waals surface area contributed by atoms with Gasteiger partial charge in [0.25, 0.3) is 0 Å². The van der Waals surface area contributed by atoms with E-state index in [0.29, 0.717) is 18.5 Å². The van der Waals surface area contributed by atoms with Crippen molar-refractivity contribution in [1.29, 1.82) is 0 Å². The monoisotopic (exact) mass is 306 g/mol. The molecule has 1 aromatic rings. The molecule has 1 unspecified atom stereocenters. The lowest BCUT2D eigenvalue weighted by Gasteiger charge is -2.34. The van der Waals surface area contributed by atoms with Crippen molar-refractivity contribution in [3.63, 3.8) is 0 Å². The second-order valence-electron chi connectivity index (χ2n) is 7.09. The Bertz CT molecular complexity index is 563. The molecule has 1 saturated heterocycles. The predicted molar refractivity (Wildman–Crippen MR) is 90.3 cm³/mol. The summed E-state index contributed by atoms with van der Waals surface area (Å²) in [6, 6.07) is 2.07. The van der Waals surface area contributed by atoms with Crippen molar-refractivity contribution >= 4 is 0 Å². The van der Waals surface area contributed by atoms with Gasteiger partial charge in [-0.25, -0.2) is 0 Å². The molecule has 0 bridgehead atoms. The first kappa shape index (κ1) is 17.1. The Balaban J connectivity index is 2.32. The molecule has 124 valence electrons. The summed E-state index contributed by atoms with van der Waals surface area (Å²) in [5.41, 5.74) is 1.49. The van der Waals surface area contributed by atoms with Crippen LogP contribution in [-0.4, -0.2) is 27.2 Å². The standard InChI is InChI=1S/C18H30N2O2/c1-13(2)8-10-20-15(4)11-17(21)18(22)16(20)12-19-9-6-5-7-14(19)3/h11,13-14,22H,5-10,12H2,1-4H3. The zero-order chi connectivity index (χ0) is 16.3. The van der Waals surface area contributed by atoms with Gasteiger partial charge in [-0.2, -0.15) is 0 Å². The van der Waals surface area contributed by atoms with Crippen LogP contribution in [0.5, 0.6) is 5.75 Å². The summed E-state index contributed by atoms with van der Waals surface area (Å²) in [6.07, 6.45) is 4.72. The second-order valence-corrected chi connectivity index (χ2v) is 7.09. The largest absolute Gasteiger partial charge is 0.503 e. The van der Waals surface area contributed by atoms with Crippen LogP contribution >= 0.6 is 0 Å². The van der Waals surface area contributed by atoms with Gasteiger partial charge in [0, 0.05) is 30.9 Å². The summed E-state index contributed by atoms with van der Waals surface area (Å²) in [6.45, 7) is 11.2. The van der Waals surface area contributed by atoms with Gasteiger partial charge in [-0.3, -0.25) is 9.69 Å². The molecule has 0 saturated carbocycles. The number of pyridine rings is 1. The van der Waals surface area contributed by atoms with Crippen molar-refractivity contribution in [1.82, 2.24) is 9.47 Å². The maximum absolute atomic E-state index is 12.0. The molecule has 0 aromatic carbocycles. The highest BCUT2D eigenvalue weighted by Gasteiger charge is 2.22. The highest BCUT2D eigenvalue weighted by molar-refractivity contribution is 5.30. The van der Waals surface area contributed by atoms with Gasteiger partial charge in [-0.15, -0.1) is 0 Å². The first-order valence-electron chi connectivity index (χ1n) is 8.56. The first-order valence-corrected chi connectivity index (χ1v) is 8.56. The Labute approximate surface area is 133 Å². The van der Waals surface area contributed by atoms with Crippen LogP contribution in [0.4, 0.5) is 0 Å². The fraction of sp³-hybridized carbons (Fsp3) is 0.722. The van der Waals surface area contributed by atoms with Crippen molar-refractivity contribution in [3.05, 3.63) is 27.7 Å². The number of nitrogens with zero attached hydrogens (tertiary/aromatic N) is 2. The highest BCUT2D eigenvalue weighted by Crippen LogP contribution is 2.23. The summed E-state index contributed by atoms with van der Waals surface area (Å²) < 4.78 is 2.14. The zero-order valence-electron chi connectivity index (χ0n) is 14.4. The Morgan fingerprint density at radius 2 is 2.09 bits per heavy atom. The van der Waals surface area contributed by atoms with Gasteiger partial charge >= 0.3 is 0 Å². The normalized spacial score (nSPS) is 19.8. The van der Waals surface area contributed by atoms with Crippen LogP contribution in [0, 0.1) is 12.8 Å². The number of hydrogen-bond donors (Lipinski definition) is 1. The van der Waals surface area contributed by atoms with E-state index in [-0.39, 0.29) is 11.2 Å². The van der Waals surface area contributed by atoms with Crippen molar-refractivity contribution in [2.45, 2.75) is 72.5 Å². The molecule has 1 aromatic heterocycles. The molecule has 2 heterocycles. The number of aryl methyl sites for hydroxylation is 1. The van der Waals surface area contributed by atoms with E-state index in [0.717, 1.165) is 30.9 Å². The van der Waals surface area contributed by atoms with E-state index in [1.165, 1.54) is 19.3 Å². The third-order valence-electron chi connectivity index (χ3n) is 4.82. The number of aromatic nitrogens is 1. The maximum atomic E-state index is 12.0. The zero-order valence-corrected chi connectivity index (χ0v) is 14.4. The smallest absolute Gasteiger partial charge is 0.223 e. The third kappa shape index (κ3) is 3.92. The molecule has 4 heteroatoms. The molecule has 22 heavy (non-hydrogen) atoms. The molecule has 2 rings (SSSR count). The van der Waals surface area contributed by atoms with Crippen LogP contribution < -0.4 is 5.43 Å². The van der Waals surface area contributed by atoms with E-state index < -0.39 is 0 Å². The van der Waals surface area contributed by atoms with E-state index in [2.05, 4.69) is 30.2 Å². The quantitative estimate of drug-likeness (QED) is 0.908. The minimum atomic E-state index is -0.252. The van der Waals surface area contributed by atoms with Gasteiger partial charge in [0.15, 0.2) is 5.75 Å². The number of rotatable bonds is 5. The molecule has 1 aliphatic heterocycles. The van der Waals surface area contributed by atoms with E-state index in [1.807, 2.05) is 6.92 Å². The lowest BCUT2D eigenvalue weighted by Crippen LogP contribution is -2.38. The molecule has 1 fully saturated rings. The topological polar surface area (TPSA) is 45.5 Å². The SMILES string of the molecule is Cc1cc(=O)c(O)c(CN2CCCCC2C)n1CCC(C)C. The highest BCUT2D eigenvalue weighted by atomic mass is 16.3. The van der Waals surface area contributed by atoms with Gasteiger partial charge in [0.2, 0.25) is 5.43 Å². The van der Waals surface area contributed by atoms with E-state index in [4.69, 9.17) is 0 Å². The van der Waals surface area contributed by atoms with Gasteiger partial charge < -0.3 is 9.67 Å². The first-order chi connectivity index (χ1) is 10.4. The fourth-order valence-corrected chi connectivity index (χ4v) is 3.26. The average Bonchev–Trinajstić information content (AvgIpc) is 2.45. The summed E-state index contributed by atoms with van der Waals surface area (Å²) in [5.74, 6) is 0.537. The molecule has 0 aliphatic carbocycles. The molecule has 1 atom stereocenters. The van der Waals surface area contributed by atoms with Crippen molar-refractivity contribution < 1.29 is 5.11 Å². The molecule has 0 amide bonds. The van der Waals surface area contributed by atoms with E-state index in [1.54, 1.807) is 6.07 Å². The van der Waals surface area contributed by atoms with Crippen LogP contribution in [0.2, 0.25) is 0 Å². The van der Waals surface area contributed by atoms with Crippen molar-refractivity contribution in [3.8, 4) is 5.75 Å². The number of hydrogen-bond acceptors (Lipinski definition) is 3. The summed E-state index contributed by atoms with van der Waals surface area (Å²) >= 11 is 0. The van der Waals surface area contributed by atoms with Crippen molar-refractivity contribution in [2.24, 2.45) is 5.92 Å². The summed E-state index contributed by atoms with van der Waals surface area (Å²) in [7, 11) is 0. The fourth-order valence-electron chi connectivity index (χ4n) is 3.26. The van der Waals surface area contributed by atoms with E-state index >= 15 is 0 Å². The summed E-state index contributed by atoms with van der Waals surface area (Å²) in [5, 5.41) is 10.3. The third-order valence-corrected chi connectivity index (χ3v) is 4.82. The van der Waals surface area contributed by atoms with Gasteiger partial charge in [0.05, 0.1) is 5.69 Å². The Morgan fingerprint density at radius 3 is 2.73 bits per heavy atom. The molecular formula is C18H30N2O2. The minimum absolute atomic E-state index is 0.0628. The van der Waals surface area contributed by atoms with Crippen LogP contribution in [0.25, 0.3) is 0 Å². The number of piperidine rings is 1. The lowest BCUT2D eigenvalue weighted by atomic mass is 10.0. The summed E-state index contributed by atoms with van der Waals surface area (Å²) in [4.78, 5) is 14.4. The van der Waals surface area contributed by atoms with Crippen LogP contribution in [-0.2, 0) is 13.1 Å². The molecule has 1 aliphatic rings. The number of likely N-dealkylation sites (tertiary alicyclic amines) is 1. The van der Waals surface area contributed by atoms with Crippen molar-refractivity contribution in [2.75, 3.05) is 6.54 Å². The minimum Gasteiger partial charge on any atom is -0.503 e. The van der Waals surface area contributed by atoms with Gasteiger partial charge in [-0.05, 0) is 45.6 Å². The molecular weight excluding hydrogens is 276 g/mol. The number of aromatic hydroxyl groups is 1. The van der Waals surface area contributed by atoms with Crippen LogP contribution in [0.3, 0.4) is 0 Å². The van der Waals surface area contributed by atoms with Gasteiger partial charge in [0.1, 0.15) is 0 Å². The maximum Gasteiger partial charge on any atom is 0.223 e. The van der Waals surface area contributed by atoms with Crippen LogP contribution in [0.15, 0.2) is 10.9 Å². The van der Waals surface area contributed by atoms with E-state index in [9.17, 15) is 9.90 Å². The average molecular weight is 306 g/mol. The Morgan fingerprint density at radius 1 is 1.36 bits per heavy atom. The molecule has 0 radical (unpaired) electrons. The second kappa shape index (κ2) is 7.32. The Hall–Kier alpha value is -1.29. The molecule has 1 N–H and O–H groups in total. The Kier molecular flexibility index (Phi) is 5.68. The lowest BCUT2D eigenvalue weighted by molar-refractivity contribution is 0.146. The molecule has 4 nitrogen and oxygen atoms in total. The van der Waals surface area contributed by atoms with Gasteiger partial charge in [-0.1, -0.05) is 20.3 Å². The van der Waals surface area contributed by atoms with Crippen LogP contribution in [0.1, 0.15) is 57.8 Å².